The third kappa shape index (κ3) is 3.76. The lowest BCUT2D eigenvalue weighted by Gasteiger charge is -2.30. The Morgan fingerprint density at radius 2 is 1.85 bits per heavy atom. The van der Waals surface area contributed by atoms with Gasteiger partial charge in [-0.15, -0.1) is 10.2 Å². The van der Waals surface area contributed by atoms with Gasteiger partial charge in [0.05, 0.1) is 11.6 Å². The molecule has 10 heteroatoms. The van der Waals surface area contributed by atoms with Gasteiger partial charge < -0.3 is 18.8 Å². The summed E-state index contributed by atoms with van der Waals surface area (Å²) in [5.74, 6) is 1.69. The van der Waals surface area contributed by atoms with Gasteiger partial charge >= 0.3 is 0 Å². The van der Waals surface area contributed by atoms with Gasteiger partial charge in [-0.1, -0.05) is 0 Å². The molecular formula is C24H20FN5O4. The number of carbonyl (C=O) groups is 1. The summed E-state index contributed by atoms with van der Waals surface area (Å²) < 4.78 is 29.9. The summed E-state index contributed by atoms with van der Waals surface area (Å²) in [5, 5.41) is 15.5. The van der Waals surface area contributed by atoms with E-state index in [1.54, 1.807) is 23.1 Å². The van der Waals surface area contributed by atoms with Crippen molar-refractivity contribution in [1.29, 1.82) is 0 Å². The lowest BCUT2D eigenvalue weighted by atomic mass is 9.97. The van der Waals surface area contributed by atoms with E-state index in [1.807, 2.05) is 18.2 Å². The highest BCUT2D eigenvalue weighted by Crippen LogP contribution is 2.36. The summed E-state index contributed by atoms with van der Waals surface area (Å²) in [6.45, 7) is 1.29. The van der Waals surface area contributed by atoms with Crippen LogP contribution in [0.2, 0.25) is 0 Å². The number of ether oxygens (including phenoxy) is 2. The first-order chi connectivity index (χ1) is 16.6. The third-order valence-electron chi connectivity index (χ3n) is 6.07. The molecule has 1 atom stereocenters. The number of nitrogens with zero attached hydrogens (tertiary/aromatic N) is 4. The number of piperidine rings is 1. The number of benzene rings is 2. The number of nitrogens with one attached hydrogen (secondary N) is 1. The molecule has 1 amide bonds. The molecule has 1 unspecified atom stereocenters. The molecule has 34 heavy (non-hydrogen) atoms. The van der Waals surface area contributed by atoms with Crippen LogP contribution in [0, 0.1) is 5.82 Å². The van der Waals surface area contributed by atoms with Crippen molar-refractivity contribution in [2.24, 2.45) is 0 Å². The van der Waals surface area contributed by atoms with Crippen molar-refractivity contribution < 1.29 is 23.1 Å². The van der Waals surface area contributed by atoms with Gasteiger partial charge in [0.25, 0.3) is 5.91 Å². The largest absolute Gasteiger partial charge is 0.454 e. The van der Waals surface area contributed by atoms with E-state index in [0.717, 1.165) is 24.0 Å². The number of H-pyrrole nitrogens is 1. The van der Waals surface area contributed by atoms with Gasteiger partial charge in [0.15, 0.2) is 11.5 Å². The van der Waals surface area contributed by atoms with Crippen LogP contribution in [-0.4, -0.2) is 51.1 Å². The SMILES string of the molecule is O=C(c1cc(-c2ccc(F)cc2)n[nH]1)N1CCCC(c2nnc(-c3ccc4c(c3)OCO4)o2)C1. The Kier molecular flexibility index (Phi) is 4.97. The van der Waals surface area contributed by atoms with Crippen molar-refractivity contribution in [2.45, 2.75) is 18.8 Å². The Hall–Kier alpha value is -4.21. The van der Waals surface area contributed by atoms with Crippen LogP contribution in [0.5, 0.6) is 11.5 Å². The number of aromatic nitrogens is 4. The van der Waals surface area contributed by atoms with Gasteiger partial charge in [-0.2, -0.15) is 5.10 Å². The molecular weight excluding hydrogens is 441 g/mol. The van der Waals surface area contributed by atoms with E-state index in [4.69, 9.17) is 13.9 Å². The maximum Gasteiger partial charge on any atom is 0.271 e. The average Bonchev–Trinajstić information content (AvgIpc) is 3.64. The van der Waals surface area contributed by atoms with E-state index in [9.17, 15) is 9.18 Å². The van der Waals surface area contributed by atoms with E-state index in [0.29, 0.717) is 47.8 Å². The Balaban J connectivity index is 1.16. The quantitative estimate of drug-likeness (QED) is 0.489. The summed E-state index contributed by atoms with van der Waals surface area (Å²) in [6, 6.07) is 13.1. The fourth-order valence-electron chi connectivity index (χ4n) is 4.28. The van der Waals surface area contributed by atoms with Crippen LogP contribution >= 0.6 is 0 Å². The van der Waals surface area contributed by atoms with Gasteiger partial charge in [-0.05, 0) is 61.4 Å². The fourth-order valence-corrected chi connectivity index (χ4v) is 4.28. The van der Waals surface area contributed by atoms with E-state index in [1.165, 1.54) is 12.1 Å². The van der Waals surface area contributed by atoms with Crippen LogP contribution in [-0.2, 0) is 0 Å². The molecule has 0 spiro atoms. The number of amides is 1. The minimum atomic E-state index is -0.322. The van der Waals surface area contributed by atoms with Crippen molar-refractivity contribution in [3.05, 3.63) is 65.9 Å². The Morgan fingerprint density at radius 1 is 1.03 bits per heavy atom. The summed E-state index contributed by atoms with van der Waals surface area (Å²) in [4.78, 5) is 14.9. The number of aromatic amines is 1. The van der Waals surface area contributed by atoms with E-state index >= 15 is 0 Å². The van der Waals surface area contributed by atoms with Gasteiger partial charge in [-0.25, -0.2) is 4.39 Å². The zero-order chi connectivity index (χ0) is 23.1. The lowest BCUT2D eigenvalue weighted by molar-refractivity contribution is 0.0692. The molecule has 2 aliphatic rings. The minimum absolute atomic E-state index is 0.0625. The van der Waals surface area contributed by atoms with Crippen LogP contribution in [0.25, 0.3) is 22.7 Å². The molecule has 1 saturated heterocycles. The van der Waals surface area contributed by atoms with Crippen LogP contribution in [0.15, 0.2) is 52.9 Å². The zero-order valence-corrected chi connectivity index (χ0v) is 18.0. The number of hydrogen-bond acceptors (Lipinski definition) is 7. The van der Waals surface area contributed by atoms with Crippen LogP contribution < -0.4 is 9.47 Å². The zero-order valence-electron chi connectivity index (χ0n) is 18.0. The number of likely N-dealkylation sites (tertiary alicyclic amines) is 1. The maximum absolute atomic E-state index is 13.2. The number of rotatable bonds is 4. The lowest BCUT2D eigenvalue weighted by Crippen LogP contribution is -2.39. The second-order valence-corrected chi connectivity index (χ2v) is 8.28. The standard InChI is InChI=1S/C24H20FN5O4/c25-17-6-3-14(4-7-17)18-11-19(27-26-18)24(31)30-9-1-2-16(12-30)23-29-28-22(34-23)15-5-8-20-21(10-15)33-13-32-20/h3-8,10-11,16H,1-2,9,12-13H2,(H,26,27). The number of carbonyl (C=O) groups excluding carboxylic acids is 1. The smallest absolute Gasteiger partial charge is 0.271 e. The van der Waals surface area contributed by atoms with Gasteiger partial charge in [-0.3, -0.25) is 9.89 Å². The second kappa shape index (κ2) is 8.29. The minimum Gasteiger partial charge on any atom is -0.454 e. The molecule has 1 fully saturated rings. The second-order valence-electron chi connectivity index (χ2n) is 8.28. The topological polar surface area (TPSA) is 106 Å². The van der Waals surface area contributed by atoms with Crippen LogP contribution in [0.3, 0.4) is 0 Å². The van der Waals surface area contributed by atoms with E-state index < -0.39 is 0 Å². The molecule has 0 aliphatic carbocycles. The van der Waals surface area contributed by atoms with Crippen molar-refractivity contribution in [2.75, 3.05) is 19.9 Å². The highest BCUT2D eigenvalue weighted by molar-refractivity contribution is 5.93. The van der Waals surface area contributed by atoms with E-state index in [2.05, 4.69) is 20.4 Å². The molecule has 2 aromatic carbocycles. The predicted molar refractivity (Wildman–Crippen MR) is 118 cm³/mol. The van der Waals surface area contributed by atoms with Crippen molar-refractivity contribution in [3.8, 4) is 34.2 Å². The monoisotopic (exact) mass is 461 g/mol. The van der Waals surface area contributed by atoms with Crippen molar-refractivity contribution >= 4 is 5.91 Å². The molecule has 2 aromatic heterocycles. The fraction of sp³-hybridized carbons (Fsp3) is 0.250. The summed E-state index contributed by atoms with van der Waals surface area (Å²) in [5.41, 5.74) is 2.45. The van der Waals surface area contributed by atoms with Gasteiger partial charge in [0, 0.05) is 24.2 Å². The third-order valence-corrected chi connectivity index (χ3v) is 6.07. The van der Waals surface area contributed by atoms with Crippen molar-refractivity contribution in [1.82, 2.24) is 25.3 Å². The first-order valence-corrected chi connectivity index (χ1v) is 11.0. The van der Waals surface area contributed by atoms with Crippen LogP contribution in [0.4, 0.5) is 4.39 Å². The first kappa shape index (κ1) is 20.4. The van der Waals surface area contributed by atoms with E-state index in [-0.39, 0.29) is 24.4 Å². The molecule has 2 aliphatic heterocycles. The maximum atomic E-state index is 13.2. The Labute approximate surface area is 193 Å². The Morgan fingerprint density at radius 3 is 2.74 bits per heavy atom. The number of fused-ring (bicyclic) bond motifs is 1. The molecule has 172 valence electrons. The average molecular weight is 461 g/mol. The molecule has 0 bridgehead atoms. The summed E-state index contributed by atoms with van der Waals surface area (Å²) in [7, 11) is 0. The van der Waals surface area contributed by atoms with Gasteiger partial charge in [0.1, 0.15) is 11.5 Å². The summed E-state index contributed by atoms with van der Waals surface area (Å²) >= 11 is 0. The normalized spacial score (nSPS) is 17.2. The molecule has 0 radical (unpaired) electrons. The summed E-state index contributed by atoms with van der Waals surface area (Å²) in [6.07, 6.45) is 1.66. The molecule has 1 N–H and O–H groups in total. The molecule has 4 heterocycles. The number of halogens is 1. The first-order valence-electron chi connectivity index (χ1n) is 11.0. The molecule has 6 rings (SSSR count). The molecule has 0 saturated carbocycles. The molecule has 9 nitrogen and oxygen atoms in total. The Bertz CT molecular complexity index is 1350. The number of hydrogen-bond donors (Lipinski definition) is 1. The van der Waals surface area contributed by atoms with Gasteiger partial charge in [0.2, 0.25) is 18.6 Å². The highest BCUT2D eigenvalue weighted by Gasteiger charge is 2.30. The van der Waals surface area contributed by atoms with Crippen molar-refractivity contribution in [3.63, 3.8) is 0 Å². The molecule has 4 aromatic rings. The highest BCUT2D eigenvalue weighted by atomic mass is 19.1. The van der Waals surface area contributed by atoms with Crippen LogP contribution in [0.1, 0.15) is 35.1 Å². The predicted octanol–water partition coefficient (Wildman–Crippen LogP) is 4.01.